The summed E-state index contributed by atoms with van der Waals surface area (Å²) < 4.78 is 46.7. The minimum Gasteiger partial charge on any atom is -0.483 e. The third kappa shape index (κ3) is 5.36. The number of para-hydroxylation sites is 1. The van der Waals surface area contributed by atoms with Crippen molar-refractivity contribution in [3.8, 4) is 5.75 Å². The summed E-state index contributed by atoms with van der Waals surface area (Å²) in [6, 6.07) is 16.2. The van der Waals surface area contributed by atoms with Crippen molar-refractivity contribution in [2.45, 2.75) is 28.8 Å². The number of anilines is 2. The summed E-state index contributed by atoms with van der Waals surface area (Å²) in [7, 11) is 0. The van der Waals surface area contributed by atoms with E-state index in [4.69, 9.17) is 27.9 Å². The number of benzene rings is 3. The van der Waals surface area contributed by atoms with Crippen LogP contribution in [0.1, 0.15) is 28.3 Å². The lowest BCUT2D eigenvalue weighted by molar-refractivity contribution is -0.137. The number of ether oxygens (including phenoxy) is 1. The lowest BCUT2D eigenvalue weighted by Gasteiger charge is -2.43. The zero-order chi connectivity index (χ0) is 34.4. The summed E-state index contributed by atoms with van der Waals surface area (Å²) in [6.07, 6.45) is -4.04. The van der Waals surface area contributed by atoms with Crippen LogP contribution in [0.15, 0.2) is 76.6 Å². The molecule has 4 aliphatic rings. The number of H-pyrrole nitrogens is 1. The van der Waals surface area contributed by atoms with Crippen molar-refractivity contribution in [2.75, 3.05) is 16.8 Å². The highest BCUT2D eigenvalue weighted by molar-refractivity contribution is 8.00. The van der Waals surface area contributed by atoms with E-state index < -0.39 is 47.2 Å². The Kier molecular flexibility index (Phi) is 7.89. The van der Waals surface area contributed by atoms with Gasteiger partial charge in [-0.25, -0.2) is 0 Å². The van der Waals surface area contributed by atoms with Crippen LogP contribution in [-0.2, 0) is 20.6 Å². The third-order valence-corrected chi connectivity index (χ3v) is 13.3. The molecule has 4 aromatic rings. The van der Waals surface area contributed by atoms with Gasteiger partial charge in [-0.05, 0) is 66.6 Å². The maximum Gasteiger partial charge on any atom is 0.416 e. The molecule has 8 rings (SSSR count). The van der Waals surface area contributed by atoms with E-state index in [1.165, 1.54) is 30.0 Å². The zero-order valence-corrected chi connectivity index (χ0v) is 28.1. The van der Waals surface area contributed by atoms with Crippen molar-refractivity contribution in [2.24, 2.45) is 29.6 Å². The molecule has 3 heterocycles. The van der Waals surface area contributed by atoms with Gasteiger partial charge in [0.05, 0.1) is 38.2 Å². The predicted octanol–water partition coefficient (Wildman–Crippen LogP) is 7.46. The maximum atomic E-state index is 14.0. The highest BCUT2D eigenvalue weighted by atomic mass is 35.5. The van der Waals surface area contributed by atoms with Crippen molar-refractivity contribution in [3.05, 3.63) is 102 Å². The number of imide groups is 1. The monoisotopic (exact) mass is 745 g/mol. The molecule has 2 saturated carbocycles. The molecule has 1 saturated heterocycles. The number of carbonyl (C=O) groups excluding carboxylic acids is 3. The molecule has 2 aliphatic heterocycles. The van der Waals surface area contributed by atoms with Crippen LogP contribution in [0.4, 0.5) is 24.5 Å². The van der Waals surface area contributed by atoms with Crippen LogP contribution < -0.4 is 19.8 Å². The number of aromatic amines is 1. The Labute approximate surface area is 294 Å². The number of carbonyl (C=O) groups is 3. The number of thioether (sulfide) groups is 1. The fraction of sp³-hybridized carbons (Fsp3) is 0.294. The molecule has 0 radical (unpaired) electrons. The number of nitrogens with zero attached hydrogens (tertiary/aromatic N) is 1. The van der Waals surface area contributed by atoms with Crippen LogP contribution in [0.2, 0.25) is 10.0 Å². The van der Waals surface area contributed by atoms with E-state index in [9.17, 15) is 32.3 Å². The second kappa shape index (κ2) is 11.9. The molecule has 2 N–H and O–H groups in total. The van der Waals surface area contributed by atoms with E-state index in [0.717, 1.165) is 38.8 Å². The molecular formula is C34H24Cl2F3N3O5S2. The second-order valence-electron chi connectivity index (χ2n) is 12.5. The zero-order valence-electron chi connectivity index (χ0n) is 25.0. The molecule has 3 amide bonds. The Balaban J connectivity index is 1.11. The third-order valence-electron chi connectivity index (χ3n) is 9.97. The predicted molar refractivity (Wildman–Crippen MR) is 179 cm³/mol. The van der Waals surface area contributed by atoms with Gasteiger partial charge < -0.3 is 15.0 Å². The smallest absolute Gasteiger partial charge is 0.416 e. The molecule has 7 atom stereocenters. The summed E-state index contributed by atoms with van der Waals surface area (Å²) in [4.78, 5) is 57.9. The van der Waals surface area contributed by atoms with Gasteiger partial charge in [0.25, 0.3) is 5.91 Å². The van der Waals surface area contributed by atoms with Gasteiger partial charge in [0.2, 0.25) is 11.8 Å². The molecule has 252 valence electrons. The summed E-state index contributed by atoms with van der Waals surface area (Å²) in [6.45, 7) is -0.335. The average Bonchev–Trinajstić information content (AvgIpc) is 3.80. The number of nitrogens with one attached hydrogen (secondary N) is 2. The van der Waals surface area contributed by atoms with Crippen molar-refractivity contribution in [1.82, 2.24) is 4.98 Å². The number of thiazole rings is 1. The Morgan fingerprint density at radius 1 is 0.959 bits per heavy atom. The number of halogens is 5. The summed E-state index contributed by atoms with van der Waals surface area (Å²) in [5.74, 6) is -3.49. The van der Waals surface area contributed by atoms with Gasteiger partial charge in [-0.15, -0.1) is 11.8 Å². The fourth-order valence-corrected chi connectivity index (χ4v) is 11.4. The highest BCUT2D eigenvalue weighted by Crippen LogP contribution is 2.69. The van der Waals surface area contributed by atoms with E-state index in [0.29, 0.717) is 27.9 Å². The number of hydrogen-bond acceptors (Lipinski definition) is 7. The second-order valence-corrected chi connectivity index (χ2v) is 15.5. The van der Waals surface area contributed by atoms with Crippen LogP contribution in [0.3, 0.4) is 0 Å². The standard InChI is InChI=1S/C34H24Cl2F3N3O5S2/c35-20-9-8-15(11-21(20)36)40-23(43)13-47-22-7-2-1-6-17(22)24-25-18-12-19(28(25)48-30-29(24)49-33(46)41-30)27-26(18)31(44)42(32(27)45)16-5-3-4-14(10-16)34(37,38)39/h1-11,18-19,24-28H,12-13H2,(H,40,43)(H,41,46)/t18?,19?,24-,25?,26?,27?,28?/m1/s1. The van der Waals surface area contributed by atoms with E-state index in [-0.39, 0.29) is 45.2 Å². The van der Waals surface area contributed by atoms with Gasteiger partial charge in [0.1, 0.15) is 5.75 Å². The van der Waals surface area contributed by atoms with Crippen LogP contribution in [-0.4, -0.2) is 34.6 Å². The Bertz CT molecular complexity index is 2110. The van der Waals surface area contributed by atoms with E-state index in [1.54, 1.807) is 24.3 Å². The molecular weight excluding hydrogens is 722 g/mol. The number of aromatic nitrogens is 1. The molecule has 49 heavy (non-hydrogen) atoms. The van der Waals surface area contributed by atoms with Crippen molar-refractivity contribution in [1.29, 1.82) is 0 Å². The average molecular weight is 747 g/mol. The Morgan fingerprint density at radius 3 is 2.47 bits per heavy atom. The first kappa shape index (κ1) is 32.4. The lowest BCUT2D eigenvalue weighted by atomic mass is 9.68. The first-order valence-corrected chi connectivity index (χ1v) is 17.8. The maximum absolute atomic E-state index is 14.0. The van der Waals surface area contributed by atoms with Gasteiger partial charge in [-0.3, -0.25) is 24.1 Å². The Hall–Kier alpha value is -3.78. The van der Waals surface area contributed by atoms with Crippen LogP contribution >= 0.6 is 46.3 Å². The molecule has 2 bridgehead atoms. The van der Waals surface area contributed by atoms with Gasteiger partial charge >= 0.3 is 11.0 Å². The van der Waals surface area contributed by atoms with Crippen LogP contribution in [0.5, 0.6) is 5.75 Å². The van der Waals surface area contributed by atoms with Gasteiger partial charge in [0.15, 0.2) is 6.61 Å². The number of hydrogen-bond donors (Lipinski definition) is 2. The van der Waals surface area contributed by atoms with E-state index in [2.05, 4.69) is 10.3 Å². The Morgan fingerprint density at radius 2 is 1.71 bits per heavy atom. The quantitative estimate of drug-likeness (QED) is 0.199. The largest absolute Gasteiger partial charge is 0.483 e. The van der Waals surface area contributed by atoms with Crippen molar-refractivity contribution >= 4 is 75.4 Å². The molecule has 0 spiro atoms. The van der Waals surface area contributed by atoms with Crippen LogP contribution in [0.25, 0.3) is 0 Å². The fourth-order valence-electron chi connectivity index (χ4n) is 8.22. The van der Waals surface area contributed by atoms with Crippen molar-refractivity contribution < 1.29 is 32.3 Å². The summed E-state index contributed by atoms with van der Waals surface area (Å²) in [5, 5.41) is 3.89. The molecule has 2 aliphatic carbocycles. The van der Waals surface area contributed by atoms with Crippen molar-refractivity contribution in [3.63, 3.8) is 0 Å². The first-order valence-electron chi connectivity index (χ1n) is 15.3. The van der Waals surface area contributed by atoms with Gasteiger partial charge in [-0.2, -0.15) is 13.2 Å². The molecule has 3 aromatic carbocycles. The minimum atomic E-state index is -4.64. The normalized spacial score (nSPS) is 26.8. The molecule has 1 aromatic heterocycles. The highest BCUT2D eigenvalue weighted by Gasteiger charge is 2.70. The van der Waals surface area contributed by atoms with Crippen LogP contribution in [0, 0.1) is 29.6 Å². The molecule has 6 unspecified atom stereocenters. The van der Waals surface area contributed by atoms with E-state index in [1.807, 2.05) is 12.1 Å². The van der Waals surface area contributed by atoms with Gasteiger partial charge in [0, 0.05) is 27.3 Å². The topological polar surface area (TPSA) is 109 Å². The number of alkyl halides is 3. The number of rotatable bonds is 6. The van der Waals surface area contributed by atoms with Gasteiger partial charge in [-0.1, -0.05) is 58.8 Å². The van der Waals surface area contributed by atoms with E-state index >= 15 is 0 Å². The molecule has 8 nitrogen and oxygen atoms in total. The number of fused-ring (bicyclic) bond motifs is 9. The SMILES string of the molecule is O=C(COc1ccccc1[C@H]1c2sc(=O)[nH]c2SC2C3CC(C4C(=O)N(c5cccc(C(F)(F)F)c5)C(=O)C34)C21)Nc1ccc(Cl)c(Cl)c1. The summed E-state index contributed by atoms with van der Waals surface area (Å²) >= 11 is 14.6. The first-order chi connectivity index (χ1) is 23.4. The summed E-state index contributed by atoms with van der Waals surface area (Å²) in [5.41, 5.74) is 0.140. The number of amides is 3. The minimum absolute atomic E-state index is 0.0906. The lowest BCUT2D eigenvalue weighted by Crippen LogP contribution is -2.42. The molecule has 15 heteroatoms. The molecule has 3 fully saturated rings.